The number of halogens is 1. The van der Waals surface area contributed by atoms with Crippen LogP contribution in [-0.2, 0) is 14.4 Å². The van der Waals surface area contributed by atoms with Crippen molar-refractivity contribution in [3.8, 4) is 0 Å². The summed E-state index contributed by atoms with van der Waals surface area (Å²) in [5.41, 5.74) is 0.760. The minimum Gasteiger partial charge on any atom is -0.480 e. The normalized spacial score (nSPS) is 16.9. The van der Waals surface area contributed by atoms with Crippen LogP contribution in [0.1, 0.15) is 31.7 Å². The lowest BCUT2D eigenvalue weighted by Gasteiger charge is -2.32. The maximum atomic E-state index is 13.3. The fourth-order valence-corrected chi connectivity index (χ4v) is 2.52. The van der Waals surface area contributed by atoms with Gasteiger partial charge in [-0.05, 0) is 31.5 Å². The number of anilines is 1. The highest BCUT2D eigenvalue weighted by atomic mass is 19.1. The number of fused-ring (bicyclic) bond motifs is 1. The molecule has 0 spiro atoms. The molecule has 0 aliphatic carbocycles. The van der Waals surface area contributed by atoms with E-state index in [-0.39, 0.29) is 18.2 Å². The van der Waals surface area contributed by atoms with Crippen LogP contribution in [-0.4, -0.2) is 40.4 Å². The van der Waals surface area contributed by atoms with Gasteiger partial charge in [-0.2, -0.15) is 0 Å². The van der Waals surface area contributed by atoms with Crippen LogP contribution in [0.4, 0.5) is 10.1 Å². The Morgan fingerprint density at radius 3 is 2.73 bits per heavy atom. The van der Waals surface area contributed by atoms with E-state index in [4.69, 9.17) is 5.11 Å². The highest BCUT2D eigenvalue weighted by Gasteiger charge is 2.35. The lowest BCUT2D eigenvalue weighted by molar-refractivity contribution is -0.146. The molecule has 2 amide bonds. The molecular weight excluding hydrogens is 291 g/mol. The number of carbonyl (C=O) groups is 3. The average Bonchev–Trinajstić information content (AvgIpc) is 2.42. The van der Waals surface area contributed by atoms with E-state index in [0.29, 0.717) is 5.56 Å². The van der Waals surface area contributed by atoms with E-state index in [1.807, 2.05) is 0 Å². The molecule has 0 saturated heterocycles. The van der Waals surface area contributed by atoms with Gasteiger partial charge in [0.1, 0.15) is 12.4 Å². The van der Waals surface area contributed by atoms with Gasteiger partial charge in [0.2, 0.25) is 11.8 Å². The number of carbonyl (C=O) groups excluding carboxylic acids is 2. The average molecular weight is 308 g/mol. The number of carboxylic acids is 1. The smallest absolute Gasteiger partial charge is 0.323 e. The largest absolute Gasteiger partial charge is 0.480 e. The summed E-state index contributed by atoms with van der Waals surface area (Å²) >= 11 is 0. The van der Waals surface area contributed by atoms with E-state index in [2.05, 4.69) is 5.32 Å². The van der Waals surface area contributed by atoms with Crippen molar-refractivity contribution in [1.82, 2.24) is 4.90 Å². The fourth-order valence-electron chi connectivity index (χ4n) is 2.52. The second-order valence-corrected chi connectivity index (χ2v) is 5.49. The van der Waals surface area contributed by atoms with Crippen molar-refractivity contribution in [2.75, 3.05) is 11.9 Å². The number of hydrogen-bond acceptors (Lipinski definition) is 3. The predicted octanol–water partition coefficient (Wildman–Crippen LogP) is 1.57. The molecule has 118 valence electrons. The molecule has 0 aromatic heterocycles. The first-order valence-electron chi connectivity index (χ1n) is 6.91. The number of nitrogens with one attached hydrogen (secondary N) is 1. The third-order valence-corrected chi connectivity index (χ3v) is 3.56. The van der Waals surface area contributed by atoms with Crippen LogP contribution in [0.25, 0.3) is 0 Å². The molecule has 1 heterocycles. The van der Waals surface area contributed by atoms with Crippen molar-refractivity contribution in [3.63, 3.8) is 0 Å². The van der Waals surface area contributed by atoms with Crippen molar-refractivity contribution >= 4 is 23.5 Å². The van der Waals surface area contributed by atoms with Crippen LogP contribution in [0.2, 0.25) is 0 Å². The van der Waals surface area contributed by atoms with Crippen molar-refractivity contribution in [1.29, 1.82) is 0 Å². The molecule has 6 nitrogen and oxygen atoms in total. The van der Waals surface area contributed by atoms with Crippen LogP contribution in [0, 0.1) is 5.82 Å². The summed E-state index contributed by atoms with van der Waals surface area (Å²) in [6.45, 7) is 2.97. The fraction of sp³-hybridized carbons (Fsp3) is 0.400. The van der Waals surface area contributed by atoms with Crippen molar-refractivity contribution in [3.05, 3.63) is 29.6 Å². The highest BCUT2D eigenvalue weighted by molar-refractivity contribution is 6.01. The Morgan fingerprint density at radius 1 is 1.45 bits per heavy atom. The number of hydrogen-bond donors (Lipinski definition) is 2. The van der Waals surface area contributed by atoms with E-state index < -0.39 is 36.1 Å². The van der Waals surface area contributed by atoms with E-state index >= 15 is 0 Å². The zero-order valence-corrected chi connectivity index (χ0v) is 12.3. The second kappa shape index (κ2) is 6.13. The molecule has 2 rings (SSSR count). The summed E-state index contributed by atoms with van der Waals surface area (Å²) in [4.78, 5) is 36.5. The van der Waals surface area contributed by atoms with Crippen LogP contribution >= 0.6 is 0 Å². The van der Waals surface area contributed by atoms with E-state index in [1.165, 1.54) is 17.0 Å². The summed E-state index contributed by atoms with van der Waals surface area (Å²) in [6.07, 6.45) is -0.0830. The third-order valence-electron chi connectivity index (χ3n) is 3.56. The minimum atomic E-state index is -1.12. The summed E-state index contributed by atoms with van der Waals surface area (Å²) in [5.74, 6) is -3.28. The molecule has 2 N–H and O–H groups in total. The van der Waals surface area contributed by atoms with Gasteiger partial charge in [-0.25, -0.2) is 4.39 Å². The van der Waals surface area contributed by atoms with Crippen LogP contribution < -0.4 is 5.32 Å². The Morgan fingerprint density at radius 2 is 2.14 bits per heavy atom. The molecule has 0 radical (unpaired) electrons. The lowest BCUT2D eigenvalue weighted by Crippen LogP contribution is -2.44. The first-order chi connectivity index (χ1) is 10.3. The lowest BCUT2D eigenvalue weighted by atomic mass is 9.89. The molecule has 0 bridgehead atoms. The summed E-state index contributed by atoms with van der Waals surface area (Å²) < 4.78 is 13.3. The van der Waals surface area contributed by atoms with Crippen molar-refractivity contribution in [2.24, 2.45) is 0 Å². The number of aliphatic carboxylic acids is 1. The number of carboxylic acid groups (broad SMARTS) is 1. The van der Waals surface area contributed by atoms with Gasteiger partial charge in [-0.1, -0.05) is 6.07 Å². The monoisotopic (exact) mass is 308 g/mol. The first-order valence-corrected chi connectivity index (χ1v) is 6.91. The molecule has 1 unspecified atom stereocenters. The molecule has 0 saturated carbocycles. The summed E-state index contributed by atoms with van der Waals surface area (Å²) in [7, 11) is 0. The van der Waals surface area contributed by atoms with E-state index in [9.17, 15) is 18.8 Å². The number of rotatable bonds is 4. The van der Waals surface area contributed by atoms with Gasteiger partial charge in [-0.15, -0.1) is 0 Å². The molecule has 1 aromatic rings. The molecule has 22 heavy (non-hydrogen) atoms. The first kappa shape index (κ1) is 15.9. The highest BCUT2D eigenvalue weighted by Crippen LogP contribution is 2.34. The molecule has 1 aromatic carbocycles. The van der Waals surface area contributed by atoms with Gasteiger partial charge >= 0.3 is 5.97 Å². The van der Waals surface area contributed by atoms with Gasteiger partial charge in [0.05, 0.1) is 5.92 Å². The van der Waals surface area contributed by atoms with Gasteiger partial charge in [0.15, 0.2) is 0 Å². The molecular formula is C15H17FN2O4. The predicted molar refractivity (Wildman–Crippen MR) is 76.9 cm³/mol. The number of benzene rings is 1. The number of nitrogens with zero attached hydrogens (tertiary/aromatic N) is 1. The maximum Gasteiger partial charge on any atom is 0.323 e. The summed E-state index contributed by atoms with van der Waals surface area (Å²) in [5, 5.41) is 11.5. The van der Waals surface area contributed by atoms with Crippen molar-refractivity contribution in [2.45, 2.75) is 32.2 Å². The second-order valence-electron chi connectivity index (χ2n) is 5.49. The van der Waals surface area contributed by atoms with Gasteiger partial charge in [0, 0.05) is 18.2 Å². The number of amides is 2. The molecule has 1 aliphatic rings. The topological polar surface area (TPSA) is 86.7 Å². The SMILES string of the molecule is CC(C)N(CC(=O)O)C(=O)C1CC(=O)Nc2cc(F)ccc21. The Kier molecular flexibility index (Phi) is 4.44. The Hall–Kier alpha value is -2.44. The van der Waals surface area contributed by atoms with Crippen molar-refractivity contribution < 1.29 is 23.9 Å². The summed E-state index contributed by atoms with van der Waals surface area (Å²) in [6, 6.07) is 3.50. The van der Waals surface area contributed by atoms with E-state index in [0.717, 1.165) is 6.07 Å². The molecule has 7 heteroatoms. The van der Waals surface area contributed by atoms with Crippen LogP contribution in [0.3, 0.4) is 0 Å². The van der Waals surface area contributed by atoms with Crippen LogP contribution in [0.15, 0.2) is 18.2 Å². The van der Waals surface area contributed by atoms with Gasteiger partial charge < -0.3 is 15.3 Å². The zero-order chi connectivity index (χ0) is 16.4. The minimum absolute atomic E-state index is 0.0830. The Bertz CT molecular complexity index is 630. The standard InChI is InChI=1S/C15H17FN2O4/c1-8(2)18(7-14(20)21)15(22)11-6-13(19)17-12-5-9(16)3-4-10(11)12/h3-5,8,11H,6-7H2,1-2H3,(H,17,19)(H,20,21). The van der Waals surface area contributed by atoms with Crippen LogP contribution in [0.5, 0.6) is 0 Å². The quantitative estimate of drug-likeness (QED) is 0.884. The molecule has 1 aliphatic heterocycles. The molecule has 0 fully saturated rings. The van der Waals surface area contributed by atoms with Gasteiger partial charge in [-0.3, -0.25) is 14.4 Å². The maximum absolute atomic E-state index is 13.3. The Balaban J connectivity index is 2.37. The zero-order valence-electron chi connectivity index (χ0n) is 12.3. The molecule has 1 atom stereocenters. The van der Waals surface area contributed by atoms with Gasteiger partial charge in [0.25, 0.3) is 0 Å². The van der Waals surface area contributed by atoms with E-state index in [1.54, 1.807) is 13.8 Å². The Labute approximate surface area is 126 Å². The third kappa shape index (κ3) is 3.24.